The van der Waals surface area contributed by atoms with Crippen LogP contribution < -0.4 is 10.0 Å². The fourth-order valence-corrected chi connectivity index (χ4v) is 3.14. The van der Waals surface area contributed by atoms with Crippen LogP contribution in [-0.2, 0) is 26.2 Å². The highest BCUT2D eigenvalue weighted by atomic mass is 32.2. The molecule has 0 radical (unpaired) electrons. The fraction of sp³-hybridized carbons (Fsp3) is 0.500. The Kier molecular flexibility index (Phi) is 5.95. The molecule has 8 heteroatoms. The van der Waals surface area contributed by atoms with Gasteiger partial charge in [-0.2, -0.15) is 0 Å². The minimum Gasteiger partial charge on any atom is -0.355 e. The van der Waals surface area contributed by atoms with Crippen LogP contribution in [0.15, 0.2) is 24.3 Å². The van der Waals surface area contributed by atoms with E-state index in [9.17, 15) is 18.0 Å². The Balaban J connectivity index is 1.84. The molecule has 7 nitrogen and oxygen atoms in total. The van der Waals surface area contributed by atoms with E-state index in [0.29, 0.717) is 13.1 Å². The van der Waals surface area contributed by atoms with Crippen molar-refractivity contribution in [1.29, 1.82) is 0 Å². The van der Waals surface area contributed by atoms with Crippen LogP contribution in [0.1, 0.15) is 17.5 Å². The van der Waals surface area contributed by atoms with Gasteiger partial charge in [-0.1, -0.05) is 29.8 Å². The summed E-state index contributed by atoms with van der Waals surface area (Å²) in [7, 11) is -2.02. The Morgan fingerprint density at radius 2 is 1.96 bits per heavy atom. The Labute approximate surface area is 142 Å². The van der Waals surface area contributed by atoms with Gasteiger partial charge in [0.1, 0.15) is 0 Å². The minimum atomic E-state index is -3.35. The molecule has 1 aromatic rings. The molecule has 2 rings (SSSR count). The number of sulfonamides is 1. The Bertz CT molecular complexity index is 701. The fourth-order valence-electron chi connectivity index (χ4n) is 2.57. The maximum absolute atomic E-state index is 12.1. The van der Waals surface area contributed by atoms with Crippen LogP contribution in [0.3, 0.4) is 0 Å². The van der Waals surface area contributed by atoms with Gasteiger partial charge in [0, 0.05) is 26.1 Å². The van der Waals surface area contributed by atoms with Gasteiger partial charge < -0.3 is 10.2 Å². The summed E-state index contributed by atoms with van der Waals surface area (Å²) in [6, 6.07) is 7.92. The van der Waals surface area contributed by atoms with Gasteiger partial charge in [0.2, 0.25) is 21.8 Å². The van der Waals surface area contributed by atoms with Gasteiger partial charge in [-0.25, -0.2) is 13.1 Å². The third kappa shape index (κ3) is 5.04. The number of benzene rings is 1. The van der Waals surface area contributed by atoms with Crippen LogP contribution in [0, 0.1) is 12.8 Å². The van der Waals surface area contributed by atoms with Crippen LogP contribution >= 0.6 is 0 Å². The SMILES string of the molecule is CNS(=O)(=O)CCNC(=O)[C@@H]1CC(=O)N(Cc2ccc(C)cc2)C1. The highest BCUT2D eigenvalue weighted by Gasteiger charge is 2.34. The Morgan fingerprint density at radius 3 is 2.58 bits per heavy atom. The van der Waals surface area contributed by atoms with Crippen molar-refractivity contribution in [3.05, 3.63) is 35.4 Å². The molecule has 0 bridgehead atoms. The summed E-state index contributed by atoms with van der Waals surface area (Å²) in [5.41, 5.74) is 2.18. The van der Waals surface area contributed by atoms with E-state index in [1.54, 1.807) is 4.90 Å². The predicted octanol–water partition coefficient (Wildman–Crippen LogP) is 0.00892. The molecule has 1 fully saturated rings. The van der Waals surface area contributed by atoms with Crippen molar-refractivity contribution in [1.82, 2.24) is 14.9 Å². The van der Waals surface area contributed by atoms with Crippen LogP contribution in [0.5, 0.6) is 0 Å². The van der Waals surface area contributed by atoms with E-state index in [0.717, 1.165) is 11.1 Å². The first-order valence-corrected chi connectivity index (χ1v) is 9.48. The Hall–Kier alpha value is -1.93. The summed E-state index contributed by atoms with van der Waals surface area (Å²) in [6.45, 7) is 2.87. The van der Waals surface area contributed by atoms with Crippen LogP contribution in [0.25, 0.3) is 0 Å². The van der Waals surface area contributed by atoms with E-state index in [-0.39, 0.29) is 30.5 Å². The number of hydrogen-bond donors (Lipinski definition) is 2. The molecule has 0 saturated carbocycles. The summed E-state index contributed by atoms with van der Waals surface area (Å²) in [5, 5.41) is 2.59. The van der Waals surface area contributed by atoms with Crippen LogP contribution in [-0.4, -0.2) is 51.0 Å². The van der Waals surface area contributed by atoms with Gasteiger partial charge in [-0.05, 0) is 19.5 Å². The van der Waals surface area contributed by atoms with Crippen molar-refractivity contribution in [2.75, 3.05) is 25.9 Å². The van der Waals surface area contributed by atoms with Crippen molar-refractivity contribution in [2.45, 2.75) is 19.9 Å². The third-order valence-corrected chi connectivity index (χ3v) is 5.42. The van der Waals surface area contributed by atoms with Gasteiger partial charge in [0.05, 0.1) is 11.7 Å². The molecule has 1 atom stereocenters. The molecule has 2 amide bonds. The third-order valence-electron chi connectivity index (χ3n) is 4.06. The maximum atomic E-state index is 12.1. The molecule has 2 N–H and O–H groups in total. The lowest BCUT2D eigenvalue weighted by Gasteiger charge is -2.17. The molecule has 0 aliphatic carbocycles. The number of carbonyl (C=O) groups excluding carboxylic acids is 2. The van der Waals surface area contributed by atoms with Crippen molar-refractivity contribution in [2.24, 2.45) is 5.92 Å². The lowest BCUT2D eigenvalue weighted by Crippen LogP contribution is -2.37. The number of likely N-dealkylation sites (tertiary alicyclic amines) is 1. The van der Waals surface area contributed by atoms with Crippen molar-refractivity contribution in [3.8, 4) is 0 Å². The molecule has 1 saturated heterocycles. The smallest absolute Gasteiger partial charge is 0.225 e. The number of nitrogens with one attached hydrogen (secondary N) is 2. The van der Waals surface area contributed by atoms with Gasteiger partial charge in [0.25, 0.3) is 0 Å². The average molecular weight is 353 g/mol. The lowest BCUT2D eigenvalue weighted by molar-refractivity contribution is -0.129. The van der Waals surface area contributed by atoms with E-state index < -0.39 is 15.9 Å². The molecule has 1 aliphatic heterocycles. The van der Waals surface area contributed by atoms with Gasteiger partial charge in [-0.3, -0.25) is 9.59 Å². The molecule has 0 unspecified atom stereocenters. The second-order valence-electron chi connectivity index (χ2n) is 5.97. The first-order chi connectivity index (χ1) is 11.3. The second kappa shape index (κ2) is 7.76. The zero-order valence-electron chi connectivity index (χ0n) is 13.9. The molecule has 24 heavy (non-hydrogen) atoms. The lowest BCUT2D eigenvalue weighted by atomic mass is 10.1. The summed E-state index contributed by atoms with van der Waals surface area (Å²) in [6.07, 6.45) is 0.163. The zero-order valence-corrected chi connectivity index (χ0v) is 14.7. The average Bonchev–Trinajstić information content (AvgIpc) is 2.90. The van der Waals surface area contributed by atoms with E-state index in [4.69, 9.17) is 0 Å². The summed E-state index contributed by atoms with van der Waals surface area (Å²) < 4.78 is 24.8. The maximum Gasteiger partial charge on any atom is 0.225 e. The van der Waals surface area contributed by atoms with Crippen LogP contribution in [0.4, 0.5) is 0 Å². The largest absolute Gasteiger partial charge is 0.355 e. The second-order valence-corrected chi connectivity index (χ2v) is 8.02. The van der Waals surface area contributed by atoms with E-state index in [2.05, 4.69) is 10.0 Å². The predicted molar refractivity (Wildman–Crippen MR) is 90.6 cm³/mol. The standard InChI is InChI=1S/C16H23N3O4S/c1-12-3-5-13(6-4-12)10-19-11-14(9-15(19)20)16(21)18-7-8-24(22,23)17-2/h3-6,14,17H,7-11H2,1-2H3,(H,18,21)/t14-/m1/s1. The molecular weight excluding hydrogens is 330 g/mol. The molecule has 1 aliphatic rings. The highest BCUT2D eigenvalue weighted by molar-refractivity contribution is 7.89. The first kappa shape index (κ1) is 18.4. The van der Waals surface area contributed by atoms with E-state index in [1.807, 2.05) is 31.2 Å². The topological polar surface area (TPSA) is 95.6 Å². The molecular formula is C16H23N3O4S. The molecule has 132 valence electrons. The number of nitrogens with zero attached hydrogens (tertiary/aromatic N) is 1. The van der Waals surface area contributed by atoms with E-state index >= 15 is 0 Å². The number of aryl methyl sites for hydroxylation is 1. The number of carbonyl (C=O) groups is 2. The molecule has 1 heterocycles. The molecule has 1 aromatic carbocycles. The molecule has 0 spiro atoms. The Morgan fingerprint density at radius 1 is 1.29 bits per heavy atom. The summed E-state index contributed by atoms with van der Waals surface area (Å²) >= 11 is 0. The number of hydrogen-bond acceptors (Lipinski definition) is 4. The van der Waals surface area contributed by atoms with Crippen molar-refractivity contribution in [3.63, 3.8) is 0 Å². The van der Waals surface area contributed by atoms with Crippen molar-refractivity contribution >= 4 is 21.8 Å². The van der Waals surface area contributed by atoms with Crippen molar-refractivity contribution < 1.29 is 18.0 Å². The van der Waals surface area contributed by atoms with Gasteiger partial charge in [-0.15, -0.1) is 0 Å². The van der Waals surface area contributed by atoms with E-state index in [1.165, 1.54) is 7.05 Å². The minimum absolute atomic E-state index is 0.0324. The normalized spacial score (nSPS) is 18.0. The number of amides is 2. The number of rotatable bonds is 7. The monoisotopic (exact) mass is 353 g/mol. The first-order valence-electron chi connectivity index (χ1n) is 7.83. The van der Waals surface area contributed by atoms with Crippen LogP contribution in [0.2, 0.25) is 0 Å². The summed E-state index contributed by atoms with van der Waals surface area (Å²) in [5.74, 6) is -0.942. The molecule has 0 aromatic heterocycles. The van der Waals surface area contributed by atoms with Gasteiger partial charge in [0.15, 0.2) is 0 Å². The summed E-state index contributed by atoms with van der Waals surface area (Å²) in [4.78, 5) is 25.8. The van der Waals surface area contributed by atoms with Gasteiger partial charge >= 0.3 is 0 Å². The quantitative estimate of drug-likeness (QED) is 0.722. The highest BCUT2D eigenvalue weighted by Crippen LogP contribution is 2.20. The zero-order chi connectivity index (χ0) is 17.7.